The molecule has 1 aliphatic rings. The number of nitrogens with one attached hydrogen (secondary N) is 1. The molecule has 1 saturated heterocycles. The van der Waals surface area contributed by atoms with Gasteiger partial charge in [0.25, 0.3) is 5.91 Å². The maximum absolute atomic E-state index is 12.7. The summed E-state index contributed by atoms with van der Waals surface area (Å²) in [6.45, 7) is 3.06. The molecule has 0 saturated carbocycles. The Morgan fingerprint density at radius 3 is 2.39 bits per heavy atom. The molecular formula is C23H25BrN2O5. The Kier molecular flexibility index (Phi) is 8.06. The Labute approximate surface area is 189 Å². The molecule has 0 atom stereocenters. The summed E-state index contributed by atoms with van der Waals surface area (Å²) in [5, 5.41) is 3.07. The largest absolute Gasteiger partial charge is 0.513 e. The van der Waals surface area contributed by atoms with Crippen LogP contribution in [0.1, 0.15) is 35.7 Å². The number of rotatable bonds is 6. The van der Waals surface area contributed by atoms with Crippen molar-refractivity contribution in [3.8, 4) is 5.75 Å². The predicted molar refractivity (Wildman–Crippen MR) is 119 cm³/mol. The predicted octanol–water partition coefficient (Wildman–Crippen LogP) is 3.95. The van der Waals surface area contributed by atoms with Crippen LogP contribution in [0.4, 0.5) is 4.79 Å². The standard InChI is InChI=1S/C23H25BrN2O5/c1-2-30-23(29)31-19-9-7-16(8-10-19)22(28)26-13-11-18(12-14-26)25-21(27)15-17-5-3-4-6-20(17)24/h3-10,18H,2,11-15H2,1H3,(H,25,27). The molecule has 8 heteroatoms. The number of hydrogen-bond donors (Lipinski definition) is 1. The molecule has 0 aliphatic carbocycles. The van der Waals surface area contributed by atoms with Gasteiger partial charge in [-0.15, -0.1) is 0 Å². The fourth-order valence-corrected chi connectivity index (χ4v) is 3.84. The van der Waals surface area contributed by atoms with E-state index in [1.54, 1.807) is 36.1 Å². The highest BCUT2D eigenvalue weighted by atomic mass is 79.9. The number of likely N-dealkylation sites (tertiary alicyclic amines) is 1. The highest BCUT2D eigenvalue weighted by Gasteiger charge is 2.25. The van der Waals surface area contributed by atoms with Crippen LogP contribution in [0.5, 0.6) is 5.75 Å². The molecule has 1 aliphatic heterocycles. The molecule has 1 N–H and O–H groups in total. The van der Waals surface area contributed by atoms with E-state index in [2.05, 4.69) is 21.2 Å². The zero-order valence-electron chi connectivity index (χ0n) is 17.3. The van der Waals surface area contributed by atoms with Crippen LogP contribution in [-0.2, 0) is 16.0 Å². The Morgan fingerprint density at radius 1 is 1.06 bits per heavy atom. The molecule has 1 heterocycles. The van der Waals surface area contributed by atoms with E-state index in [9.17, 15) is 14.4 Å². The lowest BCUT2D eigenvalue weighted by atomic mass is 10.0. The highest BCUT2D eigenvalue weighted by molar-refractivity contribution is 9.10. The van der Waals surface area contributed by atoms with Crippen molar-refractivity contribution in [3.63, 3.8) is 0 Å². The normalized spacial score (nSPS) is 14.1. The number of nitrogens with zero attached hydrogens (tertiary/aromatic N) is 1. The van der Waals surface area contributed by atoms with Crippen LogP contribution in [0.15, 0.2) is 53.0 Å². The third kappa shape index (κ3) is 6.55. The van der Waals surface area contributed by atoms with Crippen LogP contribution in [-0.4, -0.2) is 48.6 Å². The molecule has 2 aromatic rings. The van der Waals surface area contributed by atoms with Gasteiger partial charge in [0.05, 0.1) is 13.0 Å². The number of amides is 2. The molecule has 2 aromatic carbocycles. The highest BCUT2D eigenvalue weighted by Crippen LogP contribution is 2.19. The van der Waals surface area contributed by atoms with Gasteiger partial charge in [0, 0.05) is 29.2 Å². The van der Waals surface area contributed by atoms with E-state index in [4.69, 9.17) is 9.47 Å². The van der Waals surface area contributed by atoms with Crippen molar-refractivity contribution >= 4 is 33.9 Å². The van der Waals surface area contributed by atoms with Gasteiger partial charge in [-0.2, -0.15) is 0 Å². The lowest BCUT2D eigenvalue weighted by Gasteiger charge is -2.32. The minimum absolute atomic E-state index is 0.0196. The van der Waals surface area contributed by atoms with Gasteiger partial charge in [0.1, 0.15) is 5.75 Å². The van der Waals surface area contributed by atoms with Crippen molar-refractivity contribution in [3.05, 3.63) is 64.1 Å². The second-order valence-corrected chi connectivity index (χ2v) is 8.07. The molecule has 0 radical (unpaired) electrons. The number of halogens is 1. The summed E-state index contributed by atoms with van der Waals surface area (Å²) in [7, 11) is 0. The number of hydrogen-bond acceptors (Lipinski definition) is 5. The van der Waals surface area contributed by atoms with Crippen molar-refractivity contribution in [2.24, 2.45) is 0 Å². The van der Waals surface area contributed by atoms with Gasteiger partial charge in [-0.25, -0.2) is 4.79 Å². The number of benzene rings is 2. The van der Waals surface area contributed by atoms with Crippen LogP contribution >= 0.6 is 15.9 Å². The van der Waals surface area contributed by atoms with E-state index in [1.807, 2.05) is 24.3 Å². The molecule has 164 valence electrons. The maximum atomic E-state index is 12.7. The Balaban J connectivity index is 1.46. The first kappa shape index (κ1) is 22.8. The van der Waals surface area contributed by atoms with E-state index < -0.39 is 6.16 Å². The van der Waals surface area contributed by atoms with Gasteiger partial charge in [-0.05, 0) is 55.7 Å². The van der Waals surface area contributed by atoms with E-state index in [0.717, 1.165) is 10.0 Å². The van der Waals surface area contributed by atoms with E-state index in [-0.39, 0.29) is 24.5 Å². The minimum atomic E-state index is -0.773. The van der Waals surface area contributed by atoms with Gasteiger partial charge >= 0.3 is 6.16 Å². The Hall–Kier alpha value is -2.87. The van der Waals surface area contributed by atoms with Gasteiger partial charge in [-0.1, -0.05) is 34.1 Å². The van der Waals surface area contributed by atoms with E-state index in [1.165, 1.54) is 0 Å². The monoisotopic (exact) mass is 488 g/mol. The van der Waals surface area contributed by atoms with Gasteiger partial charge in [0.2, 0.25) is 5.91 Å². The molecule has 1 fully saturated rings. The number of ether oxygens (including phenoxy) is 2. The third-order valence-electron chi connectivity index (χ3n) is 5.02. The second-order valence-electron chi connectivity index (χ2n) is 7.21. The first-order valence-corrected chi connectivity index (χ1v) is 11.0. The average Bonchev–Trinajstić information content (AvgIpc) is 2.76. The van der Waals surface area contributed by atoms with Gasteiger partial charge in [-0.3, -0.25) is 9.59 Å². The maximum Gasteiger partial charge on any atom is 0.513 e. The van der Waals surface area contributed by atoms with Crippen LogP contribution in [0.25, 0.3) is 0 Å². The molecule has 31 heavy (non-hydrogen) atoms. The summed E-state index contributed by atoms with van der Waals surface area (Å²) in [6.07, 6.45) is 0.959. The molecule has 7 nitrogen and oxygen atoms in total. The quantitative estimate of drug-likeness (QED) is 0.491. The number of carbonyl (C=O) groups is 3. The van der Waals surface area contributed by atoms with Crippen molar-refractivity contribution < 1.29 is 23.9 Å². The molecule has 0 bridgehead atoms. The van der Waals surface area contributed by atoms with Crippen molar-refractivity contribution in [2.45, 2.75) is 32.2 Å². The van der Waals surface area contributed by atoms with Crippen LogP contribution < -0.4 is 10.1 Å². The zero-order valence-corrected chi connectivity index (χ0v) is 18.9. The average molecular weight is 489 g/mol. The van der Waals surface area contributed by atoms with E-state index >= 15 is 0 Å². The summed E-state index contributed by atoms with van der Waals surface area (Å²) in [5.74, 6) is 0.219. The topological polar surface area (TPSA) is 84.9 Å². The molecule has 0 unspecified atom stereocenters. The summed E-state index contributed by atoms with van der Waals surface area (Å²) < 4.78 is 10.7. The van der Waals surface area contributed by atoms with Gasteiger partial charge < -0.3 is 19.7 Å². The van der Waals surface area contributed by atoms with Crippen molar-refractivity contribution in [1.82, 2.24) is 10.2 Å². The smallest absolute Gasteiger partial charge is 0.434 e. The SMILES string of the molecule is CCOC(=O)Oc1ccc(C(=O)N2CCC(NC(=O)Cc3ccccc3Br)CC2)cc1. The molecule has 3 rings (SSSR count). The first-order valence-electron chi connectivity index (χ1n) is 10.2. The lowest BCUT2D eigenvalue weighted by Crippen LogP contribution is -2.46. The van der Waals surface area contributed by atoms with Crippen LogP contribution in [0.3, 0.4) is 0 Å². The molecule has 0 aromatic heterocycles. The lowest BCUT2D eigenvalue weighted by molar-refractivity contribution is -0.121. The summed E-state index contributed by atoms with van der Waals surface area (Å²) in [5.41, 5.74) is 1.47. The fourth-order valence-electron chi connectivity index (χ4n) is 3.41. The second kappa shape index (κ2) is 10.9. The zero-order chi connectivity index (χ0) is 22.2. The van der Waals surface area contributed by atoms with Crippen LogP contribution in [0.2, 0.25) is 0 Å². The number of carbonyl (C=O) groups excluding carboxylic acids is 3. The Morgan fingerprint density at radius 2 is 1.74 bits per heavy atom. The molecule has 0 spiro atoms. The summed E-state index contributed by atoms with van der Waals surface area (Å²) in [4.78, 5) is 38.2. The molecule has 2 amide bonds. The Bertz CT molecular complexity index is 924. The molecular weight excluding hydrogens is 464 g/mol. The third-order valence-corrected chi connectivity index (χ3v) is 5.79. The van der Waals surface area contributed by atoms with Crippen molar-refractivity contribution in [2.75, 3.05) is 19.7 Å². The van der Waals surface area contributed by atoms with Crippen molar-refractivity contribution in [1.29, 1.82) is 0 Å². The fraction of sp³-hybridized carbons (Fsp3) is 0.348. The first-order chi connectivity index (χ1) is 15.0. The number of piperidine rings is 1. The van der Waals surface area contributed by atoms with Gasteiger partial charge in [0.15, 0.2) is 0 Å². The minimum Gasteiger partial charge on any atom is -0.434 e. The van der Waals surface area contributed by atoms with Crippen LogP contribution in [0, 0.1) is 0 Å². The summed E-state index contributed by atoms with van der Waals surface area (Å²) in [6, 6.07) is 14.1. The van der Waals surface area contributed by atoms with E-state index in [0.29, 0.717) is 43.7 Å². The summed E-state index contributed by atoms with van der Waals surface area (Å²) >= 11 is 3.46.